The number of aliphatic hydroxyl groups excluding tert-OH is 1. The Morgan fingerprint density at radius 1 is 1.58 bits per heavy atom. The minimum atomic E-state index is -0.910. The Kier molecular flexibility index (Phi) is 3.09. The molecular formula is C9H16O3. The molecule has 3 heteroatoms. The zero-order valence-corrected chi connectivity index (χ0v) is 7.62. The van der Waals surface area contributed by atoms with Crippen molar-refractivity contribution in [2.75, 3.05) is 7.11 Å². The van der Waals surface area contributed by atoms with E-state index in [1.54, 1.807) is 0 Å². The van der Waals surface area contributed by atoms with Gasteiger partial charge in [0.05, 0.1) is 7.11 Å². The highest BCUT2D eigenvalue weighted by molar-refractivity contribution is 5.74. The zero-order chi connectivity index (χ0) is 9.14. The summed E-state index contributed by atoms with van der Waals surface area (Å²) in [6, 6.07) is 0. The largest absolute Gasteiger partial charge is 0.467 e. The maximum atomic E-state index is 11.0. The predicted molar refractivity (Wildman–Crippen MR) is 44.5 cm³/mol. The second-order valence-electron chi connectivity index (χ2n) is 3.54. The van der Waals surface area contributed by atoms with Crippen molar-refractivity contribution in [1.29, 1.82) is 0 Å². The number of methoxy groups -OCH3 is 1. The zero-order valence-electron chi connectivity index (χ0n) is 7.62. The Labute approximate surface area is 72.7 Å². The molecule has 0 heterocycles. The number of ether oxygens (including phenoxy) is 1. The number of hydrogen-bond donors (Lipinski definition) is 1. The summed E-state index contributed by atoms with van der Waals surface area (Å²) in [5.41, 5.74) is 0. The predicted octanol–water partition coefficient (Wildman–Crippen LogP) is 0.956. The Balaban J connectivity index is 2.51. The van der Waals surface area contributed by atoms with Gasteiger partial charge in [0.25, 0.3) is 0 Å². The van der Waals surface area contributed by atoms with Crippen molar-refractivity contribution in [3.8, 4) is 0 Å². The molecule has 1 fully saturated rings. The van der Waals surface area contributed by atoms with Crippen molar-refractivity contribution >= 4 is 5.97 Å². The molecule has 3 atom stereocenters. The third-order valence-corrected chi connectivity index (χ3v) is 2.78. The molecule has 1 saturated carbocycles. The lowest BCUT2D eigenvalue weighted by Gasteiger charge is -2.19. The minimum absolute atomic E-state index is 0.109. The van der Waals surface area contributed by atoms with Crippen LogP contribution in [0, 0.1) is 11.8 Å². The molecule has 3 nitrogen and oxygen atoms in total. The molecule has 0 spiro atoms. The second kappa shape index (κ2) is 3.90. The van der Waals surface area contributed by atoms with Gasteiger partial charge in [0.2, 0.25) is 0 Å². The van der Waals surface area contributed by atoms with Crippen molar-refractivity contribution in [2.45, 2.75) is 32.3 Å². The molecular weight excluding hydrogens is 156 g/mol. The first kappa shape index (κ1) is 9.52. The minimum Gasteiger partial charge on any atom is -0.467 e. The lowest BCUT2D eigenvalue weighted by molar-refractivity contribution is -0.154. The monoisotopic (exact) mass is 172 g/mol. The number of hydrogen-bond acceptors (Lipinski definition) is 3. The fourth-order valence-electron chi connectivity index (χ4n) is 1.94. The van der Waals surface area contributed by atoms with E-state index in [4.69, 9.17) is 0 Å². The molecule has 12 heavy (non-hydrogen) atoms. The van der Waals surface area contributed by atoms with Crippen LogP contribution < -0.4 is 0 Å². The van der Waals surface area contributed by atoms with E-state index in [1.165, 1.54) is 7.11 Å². The maximum absolute atomic E-state index is 11.0. The van der Waals surface area contributed by atoms with Crippen molar-refractivity contribution in [3.63, 3.8) is 0 Å². The molecule has 1 N–H and O–H groups in total. The Bertz CT molecular complexity index is 167. The Morgan fingerprint density at radius 2 is 2.25 bits per heavy atom. The van der Waals surface area contributed by atoms with Crippen LogP contribution in [0.25, 0.3) is 0 Å². The highest BCUT2D eigenvalue weighted by Crippen LogP contribution is 2.33. The summed E-state index contributed by atoms with van der Waals surface area (Å²) in [5.74, 6) is 0.0605. The smallest absolute Gasteiger partial charge is 0.334 e. The molecule has 0 amide bonds. The molecule has 0 aromatic carbocycles. The van der Waals surface area contributed by atoms with Crippen LogP contribution in [0.15, 0.2) is 0 Å². The summed E-state index contributed by atoms with van der Waals surface area (Å²) in [6.45, 7) is 2.07. The topological polar surface area (TPSA) is 46.5 Å². The van der Waals surface area contributed by atoms with Crippen LogP contribution in [-0.2, 0) is 9.53 Å². The van der Waals surface area contributed by atoms with E-state index in [1.807, 2.05) is 0 Å². The molecule has 1 aliphatic rings. The number of rotatable bonds is 2. The van der Waals surface area contributed by atoms with Gasteiger partial charge in [-0.3, -0.25) is 0 Å². The van der Waals surface area contributed by atoms with E-state index >= 15 is 0 Å². The summed E-state index contributed by atoms with van der Waals surface area (Å²) in [6.07, 6.45) is 2.25. The summed E-state index contributed by atoms with van der Waals surface area (Å²) in [7, 11) is 1.31. The van der Waals surface area contributed by atoms with Gasteiger partial charge < -0.3 is 9.84 Å². The summed E-state index contributed by atoms with van der Waals surface area (Å²) < 4.78 is 4.48. The average Bonchev–Trinajstić information content (AvgIpc) is 2.48. The van der Waals surface area contributed by atoms with Gasteiger partial charge >= 0.3 is 5.97 Å². The van der Waals surface area contributed by atoms with Crippen molar-refractivity contribution in [1.82, 2.24) is 0 Å². The number of carbonyl (C=O) groups is 1. The van der Waals surface area contributed by atoms with Gasteiger partial charge in [0.15, 0.2) is 6.10 Å². The molecule has 0 bridgehead atoms. The normalized spacial score (nSPS) is 31.6. The first-order valence-electron chi connectivity index (χ1n) is 4.42. The maximum Gasteiger partial charge on any atom is 0.334 e. The first-order valence-corrected chi connectivity index (χ1v) is 4.42. The van der Waals surface area contributed by atoms with Crippen LogP contribution in [0.4, 0.5) is 0 Å². The highest BCUT2D eigenvalue weighted by Gasteiger charge is 2.34. The van der Waals surface area contributed by atoms with Crippen LogP contribution in [0.3, 0.4) is 0 Å². The quantitative estimate of drug-likeness (QED) is 0.631. The van der Waals surface area contributed by atoms with Gasteiger partial charge in [0.1, 0.15) is 0 Å². The van der Waals surface area contributed by atoms with E-state index in [0.29, 0.717) is 5.92 Å². The van der Waals surface area contributed by atoms with Crippen molar-refractivity contribution < 1.29 is 14.6 Å². The van der Waals surface area contributed by atoms with Gasteiger partial charge in [-0.15, -0.1) is 0 Å². The van der Waals surface area contributed by atoms with E-state index < -0.39 is 12.1 Å². The Morgan fingerprint density at radius 3 is 2.67 bits per heavy atom. The van der Waals surface area contributed by atoms with Gasteiger partial charge in [0, 0.05) is 0 Å². The third-order valence-electron chi connectivity index (χ3n) is 2.78. The number of esters is 1. The van der Waals surface area contributed by atoms with Crippen LogP contribution in [-0.4, -0.2) is 24.3 Å². The van der Waals surface area contributed by atoms with Gasteiger partial charge in [-0.1, -0.05) is 19.8 Å². The van der Waals surface area contributed by atoms with Crippen LogP contribution in [0.1, 0.15) is 26.2 Å². The van der Waals surface area contributed by atoms with Crippen LogP contribution in [0.5, 0.6) is 0 Å². The first-order chi connectivity index (χ1) is 5.66. The lowest BCUT2D eigenvalue weighted by atomic mass is 9.92. The fourth-order valence-corrected chi connectivity index (χ4v) is 1.94. The van der Waals surface area contributed by atoms with E-state index in [9.17, 15) is 9.90 Å². The highest BCUT2D eigenvalue weighted by atomic mass is 16.5. The van der Waals surface area contributed by atoms with Crippen LogP contribution >= 0.6 is 0 Å². The van der Waals surface area contributed by atoms with Crippen molar-refractivity contribution in [2.24, 2.45) is 11.8 Å². The fraction of sp³-hybridized carbons (Fsp3) is 0.889. The molecule has 3 unspecified atom stereocenters. The van der Waals surface area contributed by atoms with Crippen molar-refractivity contribution in [3.05, 3.63) is 0 Å². The molecule has 1 rings (SSSR count). The summed E-state index contributed by atoms with van der Waals surface area (Å²) in [5, 5.41) is 9.51. The van der Waals surface area contributed by atoms with E-state index in [-0.39, 0.29) is 5.92 Å². The van der Waals surface area contributed by atoms with Gasteiger partial charge in [-0.2, -0.15) is 0 Å². The van der Waals surface area contributed by atoms with Gasteiger partial charge in [-0.05, 0) is 18.3 Å². The number of aliphatic hydroxyl groups is 1. The second-order valence-corrected chi connectivity index (χ2v) is 3.54. The van der Waals surface area contributed by atoms with Gasteiger partial charge in [-0.25, -0.2) is 4.79 Å². The Hall–Kier alpha value is -0.570. The molecule has 0 aliphatic heterocycles. The molecule has 1 aliphatic carbocycles. The summed E-state index contributed by atoms with van der Waals surface area (Å²) in [4.78, 5) is 11.0. The SMILES string of the molecule is COC(=O)C(O)C1CCCC1C. The van der Waals surface area contributed by atoms with E-state index in [0.717, 1.165) is 19.3 Å². The van der Waals surface area contributed by atoms with E-state index in [2.05, 4.69) is 11.7 Å². The number of carbonyl (C=O) groups excluding carboxylic acids is 1. The standard InChI is InChI=1S/C9H16O3/c1-6-4-3-5-7(6)8(10)9(11)12-2/h6-8,10H,3-5H2,1-2H3. The molecule has 0 aromatic heterocycles. The molecule has 70 valence electrons. The average molecular weight is 172 g/mol. The molecule has 0 saturated heterocycles. The molecule has 0 aromatic rings. The molecule has 0 radical (unpaired) electrons. The lowest BCUT2D eigenvalue weighted by Crippen LogP contribution is -2.31. The third kappa shape index (κ3) is 1.78. The van der Waals surface area contributed by atoms with Crippen LogP contribution in [0.2, 0.25) is 0 Å². The summed E-state index contributed by atoms with van der Waals surface area (Å²) >= 11 is 0.